The summed E-state index contributed by atoms with van der Waals surface area (Å²) in [5.74, 6) is 0. The van der Waals surface area contributed by atoms with Gasteiger partial charge in [0.05, 0.1) is 0 Å². The van der Waals surface area contributed by atoms with E-state index in [4.69, 9.17) is 0 Å². The van der Waals surface area contributed by atoms with E-state index in [1.165, 1.54) is 5.56 Å². The first-order valence-electron chi connectivity index (χ1n) is 4.61. The first kappa shape index (κ1) is 9.93. The lowest BCUT2D eigenvalue weighted by atomic mass is 10.1. The van der Waals surface area contributed by atoms with E-state index in [-0.39, 0.29) is 0 Å². The Hall–Kier alpha value is -1.15. The van der Waals surface area contributed by atoms with Gasteiger partial charge in [0.25, 0.3) is 0 Å². The molecule has 0 aromatic heterocycles. The summed E-state index contributed by atoms with van der Waals surface area (Å²) in [5.41, 5.74) is 1.97. The van der Waals surface area contributed by atoms with Crippen LogP contribution in [0.15, 0.2) is 24.3 Å². The Balaban J connectivity index is 2.51. The van der Waals surface area contributed by atoms with Crippen LogP contribution in [-0.2, 0) is 6.42 Å². The number of carbonyl (C=O) groups is 1. The molecule has 1 aromatic rings. The zero-order valence-corrected chi connectivity index (χ0v) is 7.92. The normalized spacial score (nSPS) is 9.92. The summed E-state index contributed by atoms with van der Waals surface area (Å²) in [6.45, 7) is 4.05. The molecular weight excluding hydrogens is 162 g/mol. The molecule has 0 bridgehead atoms. The van der Waals surface area contributed by atoms with Crippen LogP contribution in [0.25, 0.3) is 0 Å². The van der Waals surface area contributed by atoms with Gasteiger partial charge in [-0.25, -0.2) is 0 Å². The molecule has 0 atom stereocenters. The minimum atomic E-state index is 0.758. The zero-order valence-electron chi connectivity index (χ0n) is 7.92. The van der Waals surface area contributed by atoms with Crippen molar-refractivity contribution in [3.05, 3.63) is 35.4 Å². The molecule has 2 nitrogen and oxygen atoms in total. The molecule has 0 aliphatic heterocycles. The van der Waals surface area contributed by atoms with Crippen LogP contribution in [0, 0.1) is 0 Å². The van der Waals surface area contributed by atoms with Crippen LogP contribution < -0.4 is 5.32 Å². The van der Waals surface area contributed by atoms with Gasteiger partial charge in [0.15, 0.2) is 0 Å². The molecule has 0 unspecified atom stereocenters. The average Bonchev–Trinajstić information content (AvgIpc) is 2.19. The molecule has 0 heterocycles. The minimum Gasteiger partial charge on any atom is -0.317 e. The van der Waals surface area contributed by atoms with Gasteiger partial charge >= 0.3 is 0 Å². The highest BCUT2D eigenvalue weighted by molar-refractivity contribution is 5.74. The maximum absolute atomic E-state index is 10.5. The molecule has 0 aliphatic carbocycles. The highest BCUT2D eigenvalue weighted by Gasteiger charge is 1.93. The van der Waals surface area contributed by atoms with Gasteiger partial charge in [-0.1, -0.05) is 25.1 Å². The SMILES string of the molecule is CCNCCc1cccc(C=O)c1. The molecule has 0 saturated heterocycles. The van der Waals surface area contributed by atoms with Gasteiger partial charge in [-0.2, -0.15) is 0 Å². The van der Waals surface area contributed by atoms with Gasteiger partial charge in [-0.15, -0.1) is 0 Å². The standard InChI is InChI=1S/C11H15NO/c1-2-12-7-6-10-4-3-5-11(8-10)9-13/h3-5,8-9,12H,2,6-7H2,1H3. The lowest BCUT2D eigenvalue weighted by molar-refractivity contribution is 0.112. The van der Waals surface area contributed by atoms with Gasteiger partial charge < -0.3 is 5.32 Å². The van der Waals surface area contributed by atoms with Gasteiger partial charge in [-0.05, 0) is 31.1 Å². The summed E-state index contributed by atoms with van der Waals surface area (Å²) < 4.78 is 0. The molecule has 1 N–H and O–H groups in total. The predicted octanol–water partition coefficient (Wildman–Crippen LogP) is 1.65. The van der Waals surface area contributed by atoms with Crippen molar-refractivity contribution in [1.82, 2.24) is 5.32 Å². The fraction of sp³-hybridized carbons (Fsp3) is 0.364. The highest BCUT2D eigenvalue weighted by atomic mass is 16.1. The van der Waals surface area contributed by atoms with Crippen LogP contribution in [0.3, 0.4) is 0 Å². The first-order chi connectivity index (χ1) is 6.36. The Morgan fingerprint density at radius 3 is 3.00 bits per heavy atom. The number of rotatable bonds is 5. The first-order valence-corrected chi connectivity index (χ1v) is 4.61. The van der Waals surface area contributed by atoms with Gasteiger partial charge in [0, 0.05) is 5.56 Å². The Labute approximate surface area is 79.0 Å². The molecule has 70 valence electrons. The van der Waals surface area contributed by atoms with Crippen molar-refractivity contribution in [3.8, 4) is 0 Å². The number of likely N-dealkylation sites (N-methyl/N-ethyl adjacent to an activating group) is 1. The number of hydrogen-bond donors (Lipinski definition) is 1. The molecule has 1 aromatic carbocycles. The highest BCUT2D eigenvalue weighted by Crippen LogP contribution is 2.03. The summed E-state index contributed by atoms with van der Waals surface area (Å²) in [5, 5.41) is 3.25. The lowest BCUT2D eigenvalue weighted by Gasteiger charge is -2.02. The largest absolute Gasteiger partial charge is 0.317 e. The smallest absolute Gasteiger partial charge is 0.150 e. The van der Waals surface area contributed by atoms with Crippen molar-refractivity contribution in [1.29, 1.82) is 0 Å². The summed E-state index contributed by atoms with van der Waals surface area (Å²) in [4.78, 5) is 10.5. The van der Waals surface area contributed by atoms with E-state index < -0.39 is 0 Å². The molecule has 2 heteroatoms. The van der Waals surface area contributed by atoms with E-state index in [9.17, 15) is 4.79 Å². The minimum absolute atomic E-state index is 0.758. The Morgan fingerprint density at radius 1 is 1.46 bits per heavy atom. The Kier molecular flexibility index (Phi) is 4.19. The maximum Gasteiger partial charge on any atom is 0.150 e. The molecule has 1 rings (SSSR count). The van der Waals surface area contributed by atoms with E-state index in [2.05, 4.69) is 12.2 Å². The maximum atomic E-state index is 10.5. The quantitative estimate of drug-likeness (QED) is 0.547. The van der Waals surface area contributed by atoms with Crippen molar-refractivity contribution in [2.24, 2.45) is 0 Å². The molecular formula is C11H15NO. The van der Waals surface area contributed by atoms with E-state index in [1.807, 2.05) is 24.3 Å². The molecule has 0 spiro atoms. The lowest BCUT2D eigenvalue weighted by Crippen LogP contribution is -2.16. The summed E-state index contributed by atoms with van der Waals surface area (Å²) in [6, 6.07) is 7.73. The summed E-state index contributed by atoms with van der Waals surface area (Å²) >= 11 is 0. The fourth-order valence-corrected chi connectivity index (χ4v) is 1.23. The second kappa shape index (κ2) is 5.49. The van der Waals surface area contributed by atoms with Crippen molar-refractivity contribution in [2.45, 2.75) is 13.3 Å². The average molecular weight is 177 g/mol. The predicted molar refractivity (Wildman–Crippen MR) is 54.1 cm³/mol. The Morgan fingerprint density at radius 2 is 2.31 bits per heavy atom. The fourth-order valence-electron chi connectivity index (χ4n) is 1.23. The van der Waals surface area contributed by atoms with Crippen molar-refractivity contribution >= 4 is 6.29 Å². The van der Waals surface area contributed by atoms with Gasteiger partial charge in [0.2, 0.25) is 0 Å². The Bertz CT molecular complexity index is 271. The molecule has 0 amide bonds. The number of benzene rings is 1. The zero-order chi connectivity index (χ0) is 9.52. The third-order valence-corrected chi connectivity index (χ3v) is 1.93. The van der Waals surface area contributed by atoms with E-state index >= 15 is 0 Å². The second-order valence-electron chi connectivity index (χ2n) is 2.97. The van der Waals surface area contributed by atoms with Gasteiger partial charge in [-0.3, -0.25) is 4.79 Å². The molecule has 0 fully saturated rings. The topological polar surface area (TPSA) is 29.1 Å². The number of aldehydes is 1. The van der Waals surface area contributed by atoms with Crippen LogP contribution in [0.1, 0.15) is 22.8 Å². The van der Waals surface area contributed by atoms with Crippen LogP contribution in [0.4, 0.5) is 0 Å². The third kappa shape index (κ3) is 3.38. The van der Waals surface area contributed by atoms with Crippen molar-refractivity contribution in [2.75, 3.05) is 13.1 Å². The van der Waals surface area contributed by atoms with Crippen LogP contribution >= 0.6 is 0 Å². The number of nitrogens with one attached hydrogen (secondary N) is 1. The molecule has 0 saturated carbocycles. The number of carbonyl (C=O) groups excluding carboxylic acids is 1. The molecule has 0 radical (unpaired) electrons. The van der Waals surface area contributed by atoms with Crippen molar-refractivity contribution in [3.63, 3.8) is 0 Å². The van der Waals surface area contributed by atoms with E-state index in [0.717, 1.165) is 31.4 Å². The van der Waals surface area contributed by atoms with Crippen LogP contribution in [0.2, 0.25) is 0 Å². The van der Waals surface area contributed by atoms with Crippen molar-refractivity contribution < 1.29 is 4.79 Å². The molecule has 0 aliphatic rings. The third-order valence-electron chi connectivity index (χ3n) is 1.93. The van der Waals surface area contributed by atoms with Gasteiger partial charge in [0.1, 0.15) is 6.29 Å². The monoisotopic (exact) mass is 177 g/mol. The van der Waals surface area contributed by atoms with Crippen LogP contribution in [0.5, 0.6) is 0 Å². The summed E-state index contributed by atoms with van der Waals surface area (Å²) in [7, 11) is 0. The van der Waals surface area contributed by atoms with Crippen LogP contribution in [-0.4, -0.2) is 19.4 Å². The number of hydrogen-bond acceptors (Lipinski definition) is 2. The second-order valence-corrected chi connectivity index (χ2v) is 2.97. The summed E-state index contributed by atoms with van der Waals surface area (Å²) in [6.07, 6.45) is 1.87. The van der Waals surface area contributed by atoms with E-state index in [1.54, 1.807) is 0 Å². The van der Waals surface area contributed by atoms with E-state index in [0.29, 0.717) is 0 Å². The molecule has 13 heavy (non-hydrogen) atoms.